The van der Waals surface area contributed by atoms with Crippen molar-refractivity contribution in [3.05, 3.63) is 0 Å². The number of hydrogen-bond acceptors (Lipinski definition) is 2. The van der Waals surface area contributed by atoms with Crippen LogP contribution in [0.15, 0.2) is 0 Å². The highest BCUT2D eigenvalue weighted by atomic mass is 15.4. The number of nitrogens with zero attached hydrogens (tertiary/aromatic N) is 2. The minimum Gasteiger partial charge on any atom is -0.297 e. The number of rotatable bonds is 1. The standard InChI is InChI=1S/C14H28N2/c1-13(2,3)10-15-8-7-11-12(15)9-16(11)14(4,5)6/h11-12H,7-10H2,1-6H3. The lowest BCUT2D eigenvalue weighted by Crippen LogP contribution is -2.67. The SMILES string of the molecule is CC(C)(C)CN1CCC2C1CN2C(C)(C)C. The van der Waals surface area contributed by atoms with Gasteiger partial charge in [-0.1, -0.05) is 20.8 Å². The van der Waals surface area contributed by atoms with Crippen LogP contribution in [0, 0.1) is 5.41 Å². The molecule has 2 nitrogen and oxygen atoms in total. The second-order valence-electron chi connectivity index (χ2n) is 7.78. The Morgan fingerprint density at radius 3 is 2.12 bits per heavy atom. The van der Waals surface area contributed by atoms with E-state index < -0.39 is 0 Å². The minimum absolute atomic E-state index is 0.360. The lowest BCUT2D eigenvalue weighted by atomic mass is 9.88. The number of hydrogen-bond donors (Lipinski definition) is 0. The van der Waals surface area contributed by atoms with E-state index in [0.717, 1.165) is 12.1 Å². The molecule has 0 saturated carbocycles. The van der Waals surface area contributed by atoms with Crippen LogP contribution in [-0.2, 0) is 0 Å². The second-order valence-corrected chi connectivity index (χ2v) is 7.78. The lowest BCUT2D eigenvalue weighted by molar-refractivity contribution is -0.0469. The molecule has 0 amide bonds. The normalized spacial score (nSPS) is 32.6. The van der Waals surface area contributed by atoms with Crippen LogP contribution in [0.25, 0.3) is 0 Å². The molecule has 0 spiro atoms. The van der Waals surface area contributed by atoms with Gasteiger partial charge in [-0.25, -0.2) is 0 Å². The highest BCUT2D eigenvalue weighted by molar-refractivity contribution is 5.07. The van der Waals surface area contributed by atoms with Crippen molar-refractivity contribution in [1.82, 2.24) is 9.80 Å². The topological polar surface area (TPSA) is 6.48 Å². The molecule has 2 atom stereocenters. The Hall–Kier alpha value is -0.0800. The maximum absolute atomic E-state index is 2.72. The molecule has 16 heavy (non-hydrogen) atoms. The van der Waals surface area contributed by atoms with Crippen LogP contribution in [0.5, 0.6) is 0 Å². The fourth-order valence-corrected chi connectivity index (χ4v) is 3.28. The number of fused-ring (bicyclic) bond motifs is 1. The molecule has 0 radical (unpaired) electrons. The first-order valence-corrected chi connectivity index (χ1v) is 6.69. The summed E-state index contributed by atoms with van der Waals surface area (Å²) in [5.41, 5.74) is 0.802. The third-order valence-electron chi connectivity index (χ3n) is 3.95. The average molecular weight is 224 g/mol. The summed E-state index contributed by atoms with van der Waals surface area (Å²) in [5, 5.41) is 0. The van der Waals surface area contributed by atoms with Crippen molar-refractivity contribution in [3.63, 3.8) is 0 Å². The van der Waals surface area contributed by atoms with Gasteiger partial charge in [-0.2, -0.15) is 0 Å². The van der Waals surface area contributed by atoms with Gasteiger partial charge in [0.05, 0.1) is 0 Å². The van der Waals surface area contributed by atoms with Crippen molar-refractivity contribution in [1.29, 1.82) is 0 Å². The molecular formula is C14H28N2. The third-order valence-corrected chi connectivity index (χ3v) is 3.95. The zero-order chi connectivity index (χ0) is 12.1. The van der Waals surface area contributed by atoms with Gasteiger partial charge in [0, 0.05) is 37.3 Å². The van der Waals surface area contributed by atoms with Crippen molar-refractivity contribution in [2.75, 3.05) is 19.6 Å². The lowest BCUT2D eigenvalue weighted by Gasteiger charge is -2.54. The van der Waals surface area contributed by atoms with Crippen LogP contribution in [0.3, 0.4) is 0 Å². The van der Waals surface area contributed by atoms with Gasteiger partial charge in [-0.3, -0.25) is 9.80 Å². The highest BCUT2D eigenvalue weighted by Crippen LogP contribution is 2.38. The van der Waals surface area contributed by atoms with E-state index in [4.69, 9.17) is 0 Å². The fourth-order valence-electron chi connectivity index (χ4n) is 3.28. The van der Waals surface area contributed by atoms with E-state index in [1.807, 2.05) is 0 Å². The van der Waals surface area contributed by atoms with E-state index in [-0.39, 0.29) is 0 Å². The maximum atomic E-state index is 2.72. The van der Waals surface area contributed by atoms with E-state index in [2.05, 4.69) is 51.3 Å². The highest BCUT2D eigenvalue weighted by Gasteiger charge is 2.50. The molecule has 2 fully saturated rings. The largest absolute Gasteiger partial charge is 0.297 e. The van der Waals surface area contributed by atoms with Gasteiger partial charge in [0.25, 0.3) is 0 Å². The Kier molecular flexibility index (Phi) is 2.87. The summed E-state index contributed by atoms with van der Waals surface area (Å²) in [7, 11) is 0. The maximum Gasteiger partial charge on any atom is 0.0380 e. The van der Waals surface area contributed by atoms with E-state index in [0.29, 0.717) is 11.0 Å². The molecule has 2 heteroatoms. The van der Waals surface area contributed by atoms with Gasteiger partial charge in [-0.15, -0.1) is 0 Å². The van der Waals surface area contributed by atoms with Crippen LogP contribution in [0.1, 0.15) is 48.0 Å². The minimum atomic E-state index is 0.360. The third kappa shape index (κ3) is 2.28. The molecule has 2 saturated heterocycles. The Balaban J connectivity index is 1.93. The van der Waals surface area contributed by atoms with Crippen LogP contribution in [0.2, 0.25) is 0 Å². The molecule has 2 heterocycles. The van der Waals surface area contributed by atoms with E-state index in [1.165, 1.54) is 26.1 Å². The summed E-state index contributed by atoms with van der Waals surface area (Å²) >= 11 is 0. The smallest absolute Gasteiger partial charge is 0.0380 e. The predicted octanol–water partition coefficient (Wildman–Crippen LogP) is 2.59. The summed E-state index contributed by atoms with van der Waals surface area (Å²) in [6.07, 6.45) is 1.37. The molecule has 0 aliphatic carbocycles. The molecule has 2 unspecified atom stereocenters. The van der Waals surface area contributed by atoms with Crippen LogP contribution in [-0.4, -0.2) is 47.1 Å². The Morgan fingerprint density at radius 1 is 1.00 bits per heavy atom. The van der Waals surface area contributed by atoms with Crippen molar-refractivity contribution in [3.8, 4) is 0 Å². The molecule has 2 rings (SSSR count). The Morgan fingerprint density at radius 2 is 1.62 bits per heavy atom. The molecule has 94 valence electrons. The van der Waals surface area contributed by atoms with Crippen LogP contribution in [0.4, 0.5) is 0 Å². The van der Waals surface area contributed by atoms with Crippen LogP contribution >= 0.6 is 0 Å². The van der Waals surface area contributed by atoms with Gasteiger partial charge in [0.15, 0.2) is 0 Å². The van der Waals surface area contributed by atoms with Crippen molar-refractivity contribution in [2.24, 2.45) is 5.41 Å². The molecule has 0 aromatic rings. The average Bonchev–Trinajstić information content (AvgIpc) is 2.19. The van der Waals surface area contributed by atoms with Gasteiger partial charge in [-0.05, 0) is 32.6 Å². The van der Waals surface area contributed by atoms with Gasteiger partial charge >= 0.3 is 0 Å². The molecular weight excluding hydrogens is 196 g/mol. The van der Waals surface area contributed by atoms with Crippen molar-refractivity contribution in [2.45, 2.75) is 65.6 Å². The predicted molar refractivity (Wildman–Crippen MR) is 69.7 cm³/mol. The summed E-state index contributed by atoms with van der Waals surface area (Å²) in [5.74, 6) is 0. The molecule has 0 N–H and O–H groups in total. The first kappa shape index (κ1) is 12.4. The summed E-state index contributed by atoms with van der Waals surface area (Å²) < 4.78 is 0. The van der Waals surface area contributed by atoms with E-state index >= 15 is 0 Å². The Bertz CT molecular complexity index is 253. The van der Waals surface area contributed by atoms with E-state index in [1.54, 1.807) is 0 Å². The van der Waals surface area contributed by atoms with Gasteiger partial charge in [0.1, 0.15) is 0 Å². The first-order valence-electron chi connectivity index (χ1n) is 6.69. The van der Waals surface area contributed by atoms with Crippen LogP contribution < -0.4 is 0 Å². The first-order chi connectivity index (χ1) is 7.18. The summed E-state index contributed by atoms with van der Waals surface area (Å²) in [4.78, 5) is 5.40. The molecule has 0 bridgehead atoms. The van der Waals surface area contributed by atoms with E-state index in [9.17, 15) is 0 Å². The molecule has 0 aromatic heterocycles. The number of likely N-dealkylation sites (tertiary alicyclic amines) is 2. The Labute approximate surface area is 101 Å². The van der Waals surface area contributed by atoms with Gasteiger partial charge in [0.2, 0.25) is 0 Å². The summed E-state index contributed by atoms with van der Waals surface area (Å²) in [6, 6.07) is 1.68. The molecule has 2 aliphatic rings. The monoisotopic (exact) mass is 224 g/mol. The van der Waals surface area contributed by atoms with Crippen molar-refractivity contribution >= 4 is 0 Å². The quantitative estimate of drug-likeness (QED) is 0.675. The zero-order valence-corrected chi connectivity index (χ0v) is 11.9. The van der Waals surface area contributed by atoms with Gasteiger partial charge < -0.3 is 0 Å². The second kappa shape index (κ2) is 3.71. The van der Waals surface area contributed by atoms with Crippen molar-refractivity contribution < 1.29 is 0 Å². The molecule has 2 aliphatic heterocycles. The zero-order valence-electron chi connectivity index (χ0n) is 11.9. The fraction of sp³-hybridized carbons (Fsp3) is 1.00. The molecule has 0 aromatic carbocycles. The summed E-state index contributed by atoms with van der Waals surface area (Å²) in [6.45, 7) is 17.9.